The maximum absolute atomic E-state index is 12.0. The van der Waals surface area contributed by atoms with Crippen LogP contribution in [0, 0.1) is 6.92 Å². The second-order valence-corrected chi connectivity index (χ2v) is 4.57. The number of nitrogens with one attached hydrogen (secondary N) is 1. The molecule has 2 rings (SSSR count). The molecular formula is C16H18N2O. The molecule has 0 spiro atoms. The van der Waals surface area contributed by atoms with E-state index in [1.165, 1.54) is 0 Å². The molecule has 0 unspecified atom stereocenters. The van der Waals surface area contributed by atoms with Crippen molar-refractivity contribution in [2.24, 2.45) is 5.73 Å². The van der Waals surface area contributed by atoms with Gasteiger partial charge in [-0.25, -0.2) is 0 Å². The van der Waals surface area contributed by atoms with Crippen LogP contribution in [0.15, 0.2) is 48.5 Å². The van der Waals surface area contributed by atoms with Crippen LogP contribution in [0.3, 0.4) is 0 Å². The summed E-state index contributed by atoms with van der Waals surface area (Å²) in [5, 5.41) is 2.90. The number of carbonyl (C=O) groups excluding carboxylic acids is 1. The zero-order valence-electron chi connectivity index (χ0n) is 11.0. The van der Waals surface area contributed by atoms with Crippen molar-refractivity contribution in [2.75, 3.05) is 5.32 Å². The minimum absolute atomic E-state index is 0.0218. The van der Waals surface area contributed by atoms with Crippen molar-refractivity contribution in [2.45, 2.75) is 19.9 Å². The van der Waals surface area contributed by atoms with Gasteiger partial charge in [0.1, 0.15) is 0 Å². The Morgan fingerprint density at radius 1 is 1.11 bits per heavy atom. The van der Waals surface area contributed by atoms with Gasteiger partial charge in [-0.3, -0.25) is 4.79 Å². The van der Waals surface area contributed by atoms with E-state index in [0.717, 1.165) is 22.4 Å². The number of benzene rings is 2. The third-order valence-electron chi connectivity index (χ3n) is 2.99. The van der Waals surface area contributed by atoms with E-state index in [2.05, 4.69) is 5.32 Å². The van der Waals surface area contributed by atoms with Crippen molar-refractivity contribution in [3.63, 3.8) is 0 Å². The fourth-order valence-corrected chi connectivity index (χ4v) is 2.03. The van der Waals surface area contributed by atoms with Gasteiger partial charge in [-0.2, -0.15) is 0 Å². The summed E-state index contributed by atoms with van der Waals surface area (Å²) in [4.78, 5) is 12.0. The number of anilines is 1. The van der Waals surface area contributed by atoms with Gasteiger partial charge in [0.2, 0.25) is 5.91 Å². The van der Waals surface area contributed by atoms with Crippen molar-refractivity contribution in [1.82, 2.24) is 0 Å². The molecule has 0 saturated heterocycles. The van der Waals surface area contributed by atoms with E-state index in [1.54, 1.807) is 0 Å². The average Bonchev–Trinajstić information content (AvgIpc) is 2.39. The predicted molar refractivity (Wildman–Crippen MR) is 77.8 cm³/mol. The first-order valence-corrected chi connectivity index (χ1v) is 6.32. The Bertz CT molecular complexity index is 578. The number of amides is 1. The van der Waals surface area contributed by atoms with Crippen molar-refractivity contribution >= 4 is 11.6 Å². The van der Waals surface area contributed by atoms with Crippen LogP contribution in [0.5, 0.6) is 0 Å². The molecule has 0 aromatic heterocycles. The largest absolute Gasteiger partial charge is 0.326 e. The van der Waals surface area contributed by atoms with Gasteiger partial charge >= 0.3 is 0 Å². The Hall–Kier alpha value is -2.13. The van der Waals surface area contributed by atoms with E-state index in [4.69, 9.17) is 5.73 Å². The van der Waals surface area contributed by atoms with Crippen molar-refractivity contribution in [1.29, 1.82) is 0 Å². The first-order valence-electron chi connectivity index (χ1n) is 6.32. The van der Waals surface area contributed by atoms with Gasteiger partial charge in [-0.05, 0) is 35.7 Å². The lowest BCUT2D eigenvalue weighted by atomic mass is 10.0. The van der Waals surface area contributed by atoms with Crippen LogP contribution in [-0.2, 0) is 17.8 Å². The fourth-order valence-electron chi connectivity index (χ4n) is 2.03. The molecule has 0 aliphatic heterocycles. The molecular weight excluding hydrogens is 236 g/mol. The van der Waals surface area contributed by atoms with Crippen molar-refractivity contribution < 1.29 is 4.79 Å². The Morgan fingerprint density at radius 2 is 1.84 bits per heavy atom. The normalized spacial score (nSPS) is 10.2. The number of carbonyl (C=O) groups is 1. The molecule has 0 fully saturated rings. The third-order valence-corrected chi connectivity index (χ3v) is 2.99. The number of aryl methyl sites for hydroxylation is 1. The van der Waals surface area contributed by atoms with Crippen LogP contribution in [-0.4, -0.2) is 5.91 Å². The molecule has 0 atom stereocenters. The monoisotopic (exact) mass is 254 g/mol. The summed E-state index contributed by atoms with van der Waals surface area (Å²) in [6, 6.07) is 15.5. The first-order chi connectivity index (χ1) is 9.19. The summed E-state index contributed by atoms with van der Waals surface area (Å²) in [5.41, 5.74) is 9.62. The van der Waals surface area contributed by atoms with Gasteiger partial charge in [-0.1, -0.05) is 36.4 Å². The number of hydrogen-bond donors (Lipinski definition) is 2. The molecule has 1 amide bonds. The highest BCUT2D eigenvalue weighted by Gasteiger charge is 2.07. The van der Waals surface area contributed by atoms with E-state index in [0.29, 0.717) is 13.0 Å². The Balaban J connectivity index is 2.05. The lowest BCUT2D eigenvalue weighted by Crippen LogP contribution is -2.16. The molecule has 2 aromatic carbocycles. The lowest BCUT2D eigenvalue weighted by Gasteiger charge is -2.09. The standard InChI is InChI=1S/C16H18N2O/c1-12-5-4-8-15(9-12)18-16(19)10-13-6-2-3-7-14(13)11-17/h2-9H,10-11,17H2,1H3,(H,18,19). The Morgan fingerprint density at radius 3 is 2.53 bits per heavy atom. The summed E-state index contributed by atoms with van der Waals surface area (Å²) in [6.07, 6.45) is 0.349. The molecule has 0 aliphatic carbocycles. The Kier molecular flexibility index (Phi) is 4.31. The van der Waals surface area contributed by atoms with Crippen molar-refractivity contribution in [3.8, 4) is 0 Å². The number of rotatable bonds is 4. The minimum Gasteiger partial charge on any atom is -0.326 e. The van der Waals surface area contributed by atoms with E-state index < -0.39 is 0 Å². The minimum atomic E-state index is -0.0218. The maximum Gasteiger partial charge on any atom is 0.228 e. The summed E-state index contributed by atoms with van der Waals surface area (Å²) >= 11 is 0. The molecule has 0 aliphatic rings. The van der Waals surface area contributed by atoms with Gasteiger partial charge in [0.25, 0.3) is 0 Å². The molecule has 19 heavy (non-hydrogen) atoms. The molecule has 3 heteroatoms. The smallest absolute Gasteiger partial charge is 0.228 e. The predicted octanol–water partition coefficient (Wildman–Crippen LogP) is 2.63. The molecule has 98 valence electrons. The van der Waals surface area contributed by atoms with E-state index in [1.807, 2.05) is 55.5 Å². The second kappa shape index (κ2) is 6.16. The van der Waals surface area contributed by atoms with E-state index in [-0.39, 0.29) is 5.91 Å². The van der Waals surface area contributed by atoms with E-state index in [9.17, 15) is 4.79 Å². The summed E-state index contributed by atoms with van der Waals surface area (Å²) in [5.74, 6) is -0.0218. The zero-order chi connectivity index (χ0) is 13.7. The van der Waals surface area contributed by atoms with Crippen LogP contribution in [0.1, 0.15) is 16.7 Å². The molecule has 0 heterocycles. The highest BCUT2D eigenvalue weighted by molar-refractivity contribution is 5.92. The molecule has 3 nitrogen and oxygen atoms in total. The molecule has 0 bridgehead atoms. The fraction of sp³-hybridized carbons (Fsp3) is 0.188. The molecule has 2 aromatic rings. The molecule has 3 N–H and O–H groups in total. The van der Waals surface area contributed by atoms with Crippen molar-refractivity contribution in [3.05, 3.63) is 65.2 Å². The summed E-state index contributed by atoms with van der Waals surface area (Å²) in [7, 11) is 0. The first kappa shape index (κ1) is 13.3. The van der Waals surface area contributed by atoms with Gasteiger partial charge in [-0.15, -0.1) is 0 Å². The molecule has 0 saturated carbocycles. The topological polar surface area (TPSA) is 55.1 Å². The zero-order valence-corrected chi connectivity index (χ0v) is 11.0. The van der Waals surface area contributed by atoms with Crippen LogP contribution in [0.25, 0.3) is 0 Å². The summed E-state index contributed by atoms with van der Waals surface area (Å²) in [6.45, 7) is 2.45. The molecule has 0 radical (unpaired) electrons. The summed E-state index contributed by atoms with van der Waals surface area (Å²) < 4.78 is 0. The Labute approximate surface area is 113 Å². The van der Waals surface area contributed by atoms with Gasteiger partial charge in [0.05, 0.1) is 6.42 Å². The second-order valence-electron chi connectivity index (χ2n) is 4.57. The highest BCUT2D eigenvalue weighted by atomic mass is 16.1. The van der Waals surface area contributed by atoms with Crippen LogP contribution < -0.4 is 11.1 Å². The van der Waals surface area contributed by atoms with Crippen LogP contribution >= 0.6 is 0 Å². The average molecular weight is 254 g/mol. The van der Waals surface area contributed by atoms with Gasteiger partial charge in [0, 0.05) is 12.2 Å². The van der Waals surface area contributed by atoms with Gasteiger partial charge in [0.15, 0.2) is 0 Å². The highest BCUT2D eigenvalue weighted by Crippen LogP contribution is 2.12. The SMILES string of the molecule is Cc1cccc(NC(=O)Cc2ccccc2CN)c1. The number of nitrogens with two attached hydrogens (primary N) is 1. The quantitative estimate of drug-likeness (QED) is 0.881. The van der Waals surface area contributed by atoms with Crippen LogP contribution in [0.2, 0.25) is 0 Å². The van der Waals surface area contributed by atoms with Gasteiger partial charge < -0.3 is 11.1 Å². The van der Waals surface area contributed by atoms with E-state index >= 15 is 0 Å². The van der Waals surface area contributed by atoms with Crippen LogP contribution in [0.4, 0.5) is 5.69 Å². The lowest BCUT2D eigenvalue weighted by molar-refractivity contribution is -0.115. The number of hydrogen-bond acceptors (Lipinski definition) is 2. The third kappa shape index (κ3) is 3.66. The maximum atomic E-state index is 12.0.